The van der Waals surface area contributed by atoms with Gasteiger partial charge in [0.15, 0.2) is 0 Å². The highest BCUT2D eigenvalue weighted by molar-refractivity contribution is 5.91. The van der Waals surface area contributed by atoms with E-state index in [0.717, 1.165) is 12.8 Å². The maximum absolute atomic E-state index is 13.8. The van der Waals surface area contributed by atoms with E-state index in [1.54, 1.807) is 18.2 Å². The van der Waals surface area contributed by atoms with Crippen molar-refractivity contribution in [3.63, 3.8) is 0 Å². The van der Waals surface area contributed by atoms with Crippen molar-refractivity contribution in [2.45, 2.75) is 51.6 Å². The minimum Gasteiger partial charge on any atom is -0.368 e. The van der Waals surface area contributed by atoms with Gasteiger partial charge in [-0.25, -0.2) is 4.39 Å². The summed E-state index contributed by atoms with van der Waals surface area (Å²) in [5.74, 6) is -2.08. The maximum Gasteiger partial charge on any atom is 0.243 e. The van der Waals surface area contributed by atoms with Crippen LogP contribution in [0.3, 0.4) is 0 Å². The van der Waals surface area contributed by atoms with Gasteiger partial charge in [0, 0.05) is 13.3 Å². The van der Waals surface area contributed by atoms with Gasteiger partial charge in [-0.1, -0.05) is 38.0 Å². The van der Waals surface area contributed by atoms with Gasteiger partial charge in [-0.05, 0) is 18.1 Å². The molecule has 0 saturated heterocycles. The van der Waals surface area contributed by atoms with Crippen LogP contribution in [0.1, 0.15) is 38.7 Å². The van der Waals surface area contributed by atoms with E-state index in [2.05, 4.69) is 10.6 Å². The van der Waals surface area contributed by atoms with Crippen molar-refractivity contribution in [1.82, 2.24) is 10.6 Å². The zero-order valence-electron chi connectivity index (χ0n) is 14.0. The zero-order valence-corrected chi connectivity index (χ0v) is 14.0. The lowest BCUT2D eigenvalue weighted by atomic mass is 10.0. The Labute approximate surface area is 141 Å². The second kappa shape index (κ2) is 9.64. The van der Waals surface area contributed by atoms with Crippen LogP contribution in [0.4, 0.5) is 4.39 Å². The van der Waals surface area contributed by atoms with Crippen LogP contribution in [0.5, 0.6) is 0 Å². The normalized spacial score (nSPS) is 13.0. The van der Waals surface area contributed by atoms with Gasteiger partial charge in [0.05, 0.1) is 0 Å². The Kier molecular flexibility index (Phi) is 7.88. The average Bonchev–Trinajstić information content (AvgIpc) is 2.51. The third-order valence-electron chi connectivity index (χ3n) is 3.58. The number of unbranched alkanes of at least 4 members (excludes halogenated alkanes) is 1. The Hall–Kier alpha value is -2.44. The summed E-state index contributed by atoms with van der Waals surface area (Å²) in [6, 6.07) is 4.22. The summed E-state index contributed by atoms with van der Waals surface area (Å²) in [5.41, 5.74) is 5.60. The number of nitrogens with one attached hydrogen (secondary N) is 2. The predicted molar refractivity (Wildman–Crippen MR) is 88.4 cm³/mol. The van der Waals surface area contributed by atoms with Gasteiger partial charge in [-0.2, -0.15) is 0 Å². The lowest BCUT2D eigenvalue weighted by Gasteiger charge is -2.21. The van der Waals surface area contributed by atoms with Gasteiger partial charge in [0.2, 0.25) is 17.7 Å². The molecular weight excluding hydrogens is 313 g/mol. The first kappa shape index (κ1) is 19.6. The van der Waals surface area contributed by atoms with Crippen LogP contribution in [-0.2, 0) is 20.8 Å². The van der Waals surface area contributed by atoms with Crippen molar-refractivity contribution >= 4 is 17.7 Å². The van der Waals surface area contributed by atoms with Gasteiger partial charge in [-0.15, -0.1) is 0 Å². The molecule has 7 heteroatoms. The first-order valence-electron chi connectivity index (χ1n) is 7.95. The van der Waals surface area contributed by atoms with Crippen LogP contribution in [0.15, 0.2) is 24.3 Å². The SMILES string of the molecule is CCCC[C@@H](NC(=O)[C@H](Cc1ccccc1F)NC(C)=O)C(N)=O. The predicted octanol–water partition coefficient (Wildman–Crippen LogP) is 1.03. The Bertz CT molecular complexity index is 592. The van der Waals surface area contributed by atoms with E-state index >= 15 is 0 Å². The topological polar surface area (TPSA) is 101 Å². The quantitative estimate of drug-likeness (QED) is 0.627. The fourth-order valence-electron chi connectivity index (χ4n) is 2.30. The Morgan fingerprint density at radius 2 is 1.83 bits per heavy atom. The van der Waals surface area contributed by atoms with Crippen molar-refractivity contribution in [3.8, 4) is 0 Å². The Balaban J connectivity index is 2.86. The summed E-state index contributed by atoms with van der Waals surface area (Å²) in [4.78, 5) is 35.2. The molecule has 0 heterocycles. The van der Waals surface area contributed by atoms with Crippen LogP contribution < -0.4 is 16.4 Å². The Morgan fingerprint density at radius 3 is 2.38 bits per heavy atom. The molecule has 0 aromatic heterocycles. The largest absolute Gasteiger partial charge is 0.368 e. The first-order valence-corrected chi connectivity index (χ1v) is 7.95. The Morgan fingerprint density at radius 1 is 1.17 bits per heavy atom. The van der Waals surface area contributed by atoms with Crippen LogP contribution in [-0.4, -0.2) is 29.8 Å². The van der Waals surface area contributed by atoms with Crippen LogP contribution in [0.25, 0.3) is 0 Å². The van der Waals surface area contributed by atoms with E-state index in [1.807, 2.05) is 6.92 Å². The van der Waals surface area contributed by atoms with E-state index in [-0.39, 0.29) is 6.42 Å². The number of carbonyl (C=O) groups is 3. The standard InChI is InChI=1S/C17H24FN3O3/c1-3-4-9-14(16(19)23)21-17(24)15(20-11(2)22)10-12-7-5-6-8-13(12)18/h5-8,14-15H,3-4,9-10H2,1-2H3,(H2,19,23)(H,20,22)(H,21,24)/t14-,15+/m1/s1. The van der Waals surface area contributed by atoms with Crippen LogP contribution in [0.2, 0.25) is 0 Å². The van der Waals surface area contributed by atoms with Crippen molar-refractivity contribution in [1.29, 1.82) is 0 Å². The molecule has 3 amide bonds. The summed E-state index contributed by atoms with van der Waals surface area (Å²) in [7, 11) is 0. The summed E-state index contributed by atoms with van der Waals surface area (Å²) in [6.45, 7) is 3.22. The van der Waals surface area contributed by atoms with Gasteiger partial charge < -0.3 is 16.4 Å². The summed E-state index contributed by atoms with van der Waals surface area (Å²) in [6.07, 6.45) is 1.98. The highest BCUT2D eigenvalue weighted by atomic mass is 19.1. The summed E-state index contributed by atoms with van der Waals surface area (Å²) < 4.78 is 13.8. The molecule has 0 spiro atoms. The number of rotatable bonds is 9. The molecule has 4 N–H and O–H groups in total. The molecule has 1 rings (SSSR count). The maximum atomic E-state index is 13.8. The van der Waals surface area contributed by atoms with E-state index in [1.165, 1.54) is 13.0 Å². The molecule has 0 aliphatic carbocycles. The van der Waals surface area contributed by atoms with E-state index in [9.17, 15) is 18.8 Å². The third kappa shape index (κ3) is 6.36. The van der Waals surface area contributed by atoms with E-state index < -0.39 is 35.6 Å². The van der Waals surface area contributed by atoms with Crippen molar-refractivity contribution in [3.05, 3.63) is 35.6 Å². The fraction of sp³-hybridized carbons (Fsp3) is 0.471. The highest BCUT2D eigenvalue weighted by Gasteiger charge is 2.25. The number of hydrogen-bond donors (Lipinski definition) is 3. The lowest BCUT2D eigenvalue weighted by molar-refractivity contribution is -0.131. The number of nitrogens with two attached hydrogens (primary N) is 1. The fourth-order valence-corrected chi connectivity index (χ4v) is 2.30. The smallest absolute Gasteiger partial charge is 0.243 e. The molecule has 1 aromatic rings. The van der Waals surface area contributed by atoms with Crippen molar-refractivity contribution in [2.24, 2.45) is 5.73 Å². The number of amides is 3. The van der Waals surface area contributed by atoms with Crippen molar-refractivity contribution in [2.75, 3.05) is 0 Å². The zero-order chi connectivity index (χ0) is 18.1. The monoisotopic (exact) mass is 337 g/mol. The first-order chi connectivity index (χ1) is 11.3. The molecule has 0 unspecified atom stereocenters. The highest BCUT2D eigenvalue weighted by Crippen LogP contribution is 2.10. The van der Waals surface area contributed by atoms with Gasteiger partial charge in [0.1, 0.15) is 17.9 Å². The third-order valence-corrected chi connectivity index (χ3v) is 3.58. The molecule has 24 heavy (non-hydrogen) atoms. The number of benzene rings is 1. The van der Waals surface area contributed by atoms with Gasteiger partial charge in [-0.3, -0.25) is 14.4 Å². The minimum absolute atomic E-state index is 0.0165. The molecule has 0 aliphatic rings. The van der Waals surface area contributed by atoms with Gasteiger partial charge >= 0.3 is 0 Å². The number of halogens is 1. The molecule has 1 aromatic carbocycles. The van der Waals surface area contributed by atoms with Crippen molar-refractivity contribution < 1.29 is 18.8 Å². The number of hydrogen-bond acceptors (Lipinski definition) is 3. The number of carbonyl (C=O) groups excluding carboxylic acids is 3. The second-order valence-corrected chi connectivity index (χ2v) is 5.65. The molecule has 0 fully saturated rings. The average molecular weight is 337 g/mol. The van der Waals surface area contributed by atoms with Crippen LogP contribution in [0, 0.1) is 5.82 Å². The van der Waals surface area contributed by atoms with E-state index in [4.69, 9.17) is 5.73 Å². The summed E-state index contributed by atoms with van der Waals surface area (Å²) >= 11 is 0. The molecular formula is C17H24FN3O3. The summed E-state index contributed by atoms with van der Waals surface area (Å²) in [5, 5.41) is 5.03. The molecule has 2 atom stereocenters. The molecule has 0 radical (unpaired) electrons. The van der Waals surface area contributed by atoms with Crippen LogP contribution >= 0.6 is 0 Å². The molecule has 0 saturated carbocycles. The molecule has 132 valence electrons. The molecule has 6 nitrogen and oxygen atoms in total. The minimum atomic E-state index is -0.983. The number of primary amides is 1. The second-order valence-electron chi connectivity index (χ2n) is 5.65. The van der Waals surface area contributed by atoms with E-state index in [0.29, 0.717) is 12.0 Å². The molecule has 0 bridgehead atoms. The van der Waals surface area contributed by atoms with Gasteiger partial charge in [0.25, 0.3) is 0 Å². The lowest BCUT2D eigenvalue weighted by Crippen LogP contribution is -2.53. The molecule has 0 aliphatic heterocycles.